The van der Waals surface area contributed by atoms with E-state index in [0.29, 0.717) is 24.4 Å². The minimum Gasteiger partial charge on any atom is -0.466 e. The Morgan fingerprint density at radius 1 is 0.531 bits per heavy atom. The molecule has 0 aromatic heterocycles. The molecule has 1 rings (SSSR count). The molecule has 1 aliphatic rings. The smallest absolute Gasteiger partial charge is 0.466 e. The van der Waals surface area contributed by atoms with Gasteiger partial charge in [0, 0.05) is 18.6 Å². The molecule has 378 valence electrons. The van der Waals surface area contributed by atoms with Crippen molar-refractivity contribution in [3.8, 4) is 0 Å². The second kappa shape index (κ2) is 37.0. The summed E-state index contributed by atoms with van der Waals surface area (Å²) in [6, 6.07) is 0. The molecule has 8 atom stereocenters. The highest BCUT2D eigenvalue weighted by atomic mass is 32.2. The SMILES string of the molecule is CCCCCCCCCCCCCCCC(=O)O[C@@H](COP(=O)(O)OC1C(O)[C@H](OP(=O)(O)O)C(O)[C@H](O)[C@@H]1O)CC(=O)OCCCCCCCCCCCCCCSC(=O)CCC. The zero-order chi connectivity index (χ0) is 47.6. The number of hydrogen-bond acceptors (Lipinski definition) is 15. The van der Waals surface area contributed by atoms with Crippen molar-refractivity contribution in [3.63, 3.8) is 0 Å². The lowest BCUT2D eigenvalue weighted by atomic mass is 9.85. The summed E-state index contributed by atoms with van der Waals surface area (Å²) < 4.78 is 49.4. The van der Waals surface area contributed by atoms with Crippen molar-refractivity contribution in [1.29, 1.82) is 0 Å². The average Bonchev–Trinajstić information content (AvgIpc) is 3.23. The normalized spacial score (nSPS) is 21.6. The summed E-state index contributed by atoms with van der Waals surface area (Å²) >= 11 is 1.46. The van der Waals surface area contributed by atoms with Gasteiger partial charge in [0.05, 0.1) is 19.6 Å². The van der Waals surface area contributed by atoms with Crippen LogP contribution in [0.2, 0.25) is 0 Å². The van der Waals surface area contributed by atoms with E-state index in [2.05, 4.69) is 11.4 Å². The van der Waals surface area contributed by atoms with Gasteiger partial charge in [-0.3, -0.25) is 28.0 Å². The average molecular weight is 979 g/mol. The Kier molecular flexibility index (Phi) is 35.3. The Hall–Kier alpha value is -0.980. The van der Waals surface area contributed by atoms with Crippen LogP contribution in [0.1, 0.15) is 200 Å². The number of hydrogen-bond donors (Lipinski definition) is 7. The summed E-state index contributed by atoms with van der Waals surface area (Å²) in [7, 11) is -10.7. The molecular weight excluding hydrogens is 894 g/mol. The van der Waals surface area contributed by atoms with Crippen molar-refractivity contribution in [2.75, 3.05) is 19.0 Å². The summed E-state index contributed by atoms with van der Waals surface area (Å²) in [5.74, 6) is -0.493. The van der Waals surface area contributed by atoms with Crippen molar-refractivity contribution >= 4 is 44.5 Å². The van der Waals surface area contributed by atoms with Crippen molar-refractivity contribution in [3.05, 3.63) is 0 Å². The molecule has 0 heterocycles. The van der Waals surface area contributed by atoms with Gasteiger partial charge in [0.15, 0.2) is 5.12 Å². The van der Waals surface area contributed by atoms with Crippen LogP contribution >= 0.6 is 27.4 Å². The third-order valence-electron chi connectivity index (χ3n) is 11.2. The monoisotopic (exact) mass is 978 g/mol. The van der Waals surface area contributed by atoms with Crippen molar-refractivity contribution in [2.45, 2.75) is 243 Å². The molecule has 0 saturated heterocycles. The summed E-state index contributed by atoms with van der Waals surface area (Å²) in [6.45, 7) is 3.49. The van der Waals surface area contributed by atoms with Crippen LogP contribution in [-0.4, -0.2) is 114 Å². The van der Waals surface area contributed by atoms with Gasteiger partial charge in [-0.1, -0.05) is 167 Å². The first-order chi connectivity index (χ1) is 30.5. The quantitative estimate of drug-likeness (QED) is 0.0172. The molecule has 17 nitrogen and oxygen atoms in total. The third kappa shape index (κ3) is 31.1. The van der Waals surface area contributed by atoms with E-state index in [1.807, 2.05) is 6.92 Å². The molecule has 0 amide bonds. The predicted octanol–water partition coefficient (Wildman–Crippen LogP) is 8.49. The van der Waals surface area contributed by atoms with E-state index in [0.717, 1.165) is 76.4 Å². The lowest BCUT2D eigenvalue weighted by Gasteiger charge is -2.43. The van der Waals surface area contributed by atoms with E-state index in [1.165, 1.54) is 95.2 Å². The van der Waals surface area contributed by atoms with E-state index in [-0.39, 0.29) is 13.0 Å². The molecule has 0 aromatic rings. The minimum atomic E-state index is -5.37. The number of carbonyl (C=O) groups excluding carboxylic acids is 3. The van der Waals surface area contributed by atoms with Crippen LogP contribution in [0.15, 0.2) is 0 Å². The number of esters is 2. The Bertz CT molecular complexity index is 1320. The molecule has 20 heteroatoms. The molecule has 64 heavy (non-hydrogen) atoms. The van der Waals surface area contributed by atoms with Crippen molar-refractivity contribution in [2.24, 2.45) is 0 Å². The highest BCUT2D eigenvalue weighted by molar-refractivity contribution is 8.13. The second-order valence-electron chi connectivity index (χ2n) is 17.1. The van der Waals surface area contributed by atoms with Gasteiger partial charge in [-0.05, 0) is 25.7 Å². The van der Waals surface area contributed by atoms with Crippen LogP contribution in [0, 0.1) is 0 Å². The number of rotatable bonds is 41. The molecular formula is C44H84O17P2S. The van der Waals surface area contributed by atoms with E-state index in [4.69, 9.17) is 28.3 Å². The largest absolute Gasteiger partial charge is 0.472 e. The van der Waals surface area contributed by atoms with Crippen LogP contribution in [0.4, 0.5) is 0 Å². The van der Waals surface area contributed by atoms with Gasteiger partial charge in [0.1, 0.15) is 42.7 Å². The zero-order valence-corrected chi connectivity index (χ0v) is 41.3. The summed E-state index contributed by atoms with van der Waals surface area (Å²) in [6.07, 6.45) is 13.6. The summed E-state index contributed by atoms with van der Waals surface area (Å²) in [4.78, 5) is 66.0. The van der Waals surface area contributed by atoms with Gasteiger partial charge >= 0.3 is 27.6 Å². The van der Waals surface area contributed by atoms with Crippen molar-refractivity contribution in [1.82, 2.24) is 0 Å². The first kappa shape index (κ1) is 61.0. The number of phosphoric ester groups is 2. The molecule has 0 radical (unpaired) electrons. The fourth-order valence-corrected chi connectivity index (χ4v) is 9.95. The molecule has 0 bridgehead atoms. The maximum Gasteiger partial charge on any atom is 0.472 e. The van der Waals surface area contributed by atoms with Gasteiger partial charge in [0.25, 0.3) is 0 Å². The molecule has 1 aliphatic carbocycles. The number of aliphatic hydroxyl groups excluding tert-OH is 4. The van der Waals surface area contributed by atoms with Crippen LogP contribution < -0.4 is 0 Å². The van der Waals surface area contributed by atoms with Gasteiger partial charge in [-0.15, -0.1) is 0 Å². The third-order valence-corrected chi connectivity index (χ3v) is 13.7. The topological polar surface area (TPSA) is 273 Å². The number of aliphatic hydroxyl groups is 4. The molecule has 1 saturated carbocycles. The lowest BCUT2D eigenvalue weighted by Crippen LogP contribution is -2.64. The molecule has 1 fully saturated rings. The fourth-order valence-electron chi connectivity index (χ4n) is 7.48. The maximum absolute atomic E-state index is 13.0. The summed E-state index contributed by atoms with van der Waals surface area (Å²) in [5.41, 5.74) is 0. The first-order valence-corrected chi connectivity index (χ1v) is 28.1. The molecule has 0 spiro atoms. The highest BCUT2D eigenvalue weighted by Gasteiger charge is 2.54. The maximum atomic E-state index is 13.0. The van der Waals surface area contributed by atoms with Crippen LogP contribution in [0.5, 0.6) is 0 Å². The van der Waals surface area contributed by atoms with Crippen LogP contribution in [-0.2, 0) is 46.6 Å². The second-order valence-corrected chi connectivity index (χ2v) is 20.8. The lowest BCUT2D eigenvalue weighted by molar-refractivity contribution is -0.216. The van der Waals surface area contributed by atoms with E-state index >= 15 is 0 Å². The molecule has 7 N–H and O–H groups in total. The predicted molar refractivity (Wildman–Crippen MR) is 245 cm³/mol. The summed E-state index contributed by atoms with van der Waals surface area (Å²) in [5, 5.41) is 41.5. The molecule has 0 aliphatic heterocycles. The van der Waals surface area contributed by atoms with E-state index in [9.17, 15) is 48.8 Å². The minimum absolute atomic E-state index is 0.0286. The Labute approximate surface area is 386 Å². The first-order valence-electron chi connectivity index (χ1n) is 24.1. The number of carbonyl (C=O) groups is 3. The Balaban J connectivity index is 2.54. The Morgan fingerprint density at radius 3 is 1.47 bits per heavy atom. The van der Waals surface area contributed by atoms with Crippen LogP contribution in [0.3, 0.4) is 0 Å². The van der Waals surface area contributed by atoms with Gasteiger partial charge in [-0.25, -0.2) is 9.13 Å². The van der Waals surface area contributed by atoms with Gasteiger partial charge in [0.2, 0.25) is 0 Å². The fraction of sp³-hybridized carbons (Fsp3) is 0.932. The number of thioether (sulfide) groups is 1. The molecule has 4 unspecified atom stereocenters. The highest BCUT2D eigenvalue weighted by Crippen LogP contribution is 2.49. The van der Waals surface area contributed by atoms with Crippen LogP contribution in [0.25, 0.3) is 0 Å². The van der Waals surface area contributed by atoms with Gasteiger partial charge < -0.3 is 44.6 Å². The number of phosphoric acid groups is 2. The van der Waals surface area contributed by atoms with Crippen molar-refractivity contribution < 1.29 is 81.7 Å². The van der Waals surface area contributed by atoms with E-state index in [1.54, 1.807) is 0 Å². The van der Waals surface area contributed by atoms with E-state index < -0.39 is 83.3 Å². The number of unbranched alkanes of at least 4 members (excludes halogenated alkanes) is 23. The van der Waals surface area contributed by atoms with Gasteiger partial charge in [-0.2, -0.15) is 0 Å². The Morgan fingerprint density at radius 2 is 0.984 bits per heavy atom. The molecule has 0 aromatic carbocycles. The zero-order valence-electron chi connectivity index (χ0n) is 38.7. The number of ether oxygens (including phenoxy) is 2. The standard InChI is InChI=1S/C44H84O17P2S/c1-3-5-6-7-8-9-10-11-14-17-20-23-26-30-36(45)59-35(34-58-63(55,56)61-44-41(50)39(48)40(49)43(42(44)51)60-62(52,53)54)33-37(46)57-31-27-24-21-18-15-12-13-16-19-22-25-28-32-64-38(47)29-4-2/h35,39-44,48-51H,3-34H2,1-2H3,(H,55,56)(H2,52,53,54)/t35-,39+,40?,41+,42?,43-,44?/m1/s1.